The molecule has 0 atom stereocenters. The van der Waals surface area contributed by atoms with E-state index in [1.807, 2.05) is 12.3 Å². The SMILES string of the molecule is Cl.Cn1c(=O)cc(CCN2CCN(c3nccc4sccc34)CC2)c2cc(O)ccc21. The van der Waals surface area contributed by atoms with Gasteiger partial charge in [0.05, 0.1) is 5.52 Å². The molecule has 0 bridgehead atoms. The van der Waals surface area contributed by atoms with Crippen molar-refractivity contribution in [3.05, 3.63) is 63.9 Å². The number of benzene rings is 1. The van der Waals surface area contributed by atoms with Gasteiger partial charge in [-0.2, -0.15) is 0 Å². The van der Waals surface area contributed by atoms with Crippen molar-refractivity contribution in [3.63, 3.8) is 0 Å². The van der Waals surface area contributed by atoms with Gasteiger partial charge in [-0.15, -0.1) is 23.7 Å². The number of aromatic hydroxyl groups is 1. The lowest BCUT2D eigenvalue weighted by atomic mass is 10.0. The Bertz CT molecular complexity index is 1280. The number of rotatable bonds is 4. The van der Waals surface area contributed by atoms with Crippen LogP contribution in [-0.2, 0) is 13.5 Å². The van der Waals surface area contributed by atoms with Gasteiger partial charge < -0.3 is 14.6 Å². The van der Waals surface area contributed by atoms with E-state index in [0.29, 0.717) is 0 Å². The van der Waals surface area contributed by atoms with Crippen LogP contribution in [0.15, 0.2) is 52.8 Å². The summed E-state index contributed by atoms with van der Waals surface area (Å²) in [5.74, 6) is 1.31. The average molecular weight is 457 g/mol. The summed E-state index contributed by atoms with van der Waals surface area (Å²) < 4.78 is 2.91. The van der Waals surface area contributed by atoms with E-state index in [0.717, 1.165) is 61.4 Å². The highest BCUT2D eigenvalue weighted by atomic mass is 35.5. The Morgan fingerprint density at radius 3 is 2.68 bits per heavy atom. The van der Waals surface area contributed by atoms with Gasteiger partial charge in [-0.05, 0) is 47.7 Å². The second kappa shape index (κ2) is 8.86. The minimum Gasteiger partial charge on any atom is -0.508 e. The van der Waals surface area contributed by atoms with Gasteiger partial charge in [0.2, 0.25) is 0 Å². The number of phenols is 1. The van der Waals surface area contributed by atoms with Crippen molar-refractivity contribution in [2.75, 3.05) is 37.6 Å². The Kier molecular flexibility index (Phi) is 6.18. The first kappa shape index (κ1) is 21.6. The number of phenolic OH excluding ortho intramolecular Hbond substituents is 1. The quantitative estimate of drug-likeness (QED) is 0.508. The maximum atomic E-state index is 12.3. The number of aryl methyl sites for hydroxylation is 1. The molecule has 31 heavy (non-hydrogen) atoms. The summed E-state index contributed by atoms with van der Waals surface area (Å²) >= 11 is 1.75. The van der Waals surface area contributed by atoms with Gasteiger partial charge in [0.25, 0.3) is 5.56 Å². The van der Waals surface area contributed by atoms with Crippen LogP contribution >= 0.6 is 23.7 Å². The fourth-order valence-electron chi connectivity index (χ4n) is 4.32. The predicted octanol–water partition coefficient (Wildman–Crippen LogP) is 3.64. The van der Waals surface area contributed by atoms with Gasteiger partial charge >= 0.3 is 0 Å². The third-order valence-electron chi connectivity index (χ3n) is 6.04. The van der Waals surface area contributed by atoms with Crippen LogP contribution in [0.1, 0.15) is 5.56 Å². The van der Waals surface area contributed by atoms with Crippen LogP contribution in [0.5, 0.6) is 5.75 Å². The van der Waals surface area contributed by atoms with Gasteiger partial charge in [-0.3, -0.25) is 9.69 Å². The summed E-state index contributed by atoms with van der Waals surface area (Å²) in [5, 5.41) is 14.2. The van der Waals surface area contributed by atoms with Crippen LogP contribution in [0, 0.1) is 0 Å². The largest absolute Gasteiger partial charge is 0.508 e. The van der Waals surface area contributed by atoms with Gasteiger partial charge in [0.15, 0.2) is 0 Å². The number of piperazine rings is 1. The fourth-order valence-corrected chi connectivity index (χ4v) is 5.09. The number of hydrogen-bond donors (Lipinski definition) is 1. The number of aromatic nitrogens is 2. The third-order valence-corrected chi connectivity index (χ3v) is 6.93. The lowest BCUT2D eigenvalue weighted by Crippen LogP contribution is -2.47. The summed E-state index contributed by atoms with van der Waals surface area (Å²) in [5.41, 5.74) is 1.84. The van der Waals surface area contributed by atoms with Crippen LogP contribution in [-0.4, -0.2) is 52.3 Å². The van der Waals surface area contributed by atoms with Gasteiger partial charge in [0, 0.05) is 67.5 Å². The maximum Gasteiger partial charge on any atom is 0.251 e. The van der Waals surface area contributed by atoms with Crippen LogP contribution in [0.25, 0.3) is 21.0 Å². The second-order valence-corrected chi connectivity index (χ2v) is 8.76. The molecule has 4 aromatic rings. The summed E-state index contributed by atoms with van der Waals surface area (Å²) in [7, 11) is 1.77. The zero-order valence-electron chi connectivity index (χ0n) is 17.3. The summed E-state index contributed by atoms with van der Waals surface area (Å²) in [4.78, 5) is 21.8. The highest BCUT2D eigenvalue weighted by Gasteiger charge is 2.20. The number of pyridine rings is 2. The van der Waals surface area contributed by atoms with Crippen LogP contribution in [0.2, 0.25) is 0 Å². The predicted molar refractivity (Wildman–Crippen MR) is 130 cm³/mol. The molecular weight excluding hydrogens is 432 g/mol. The Balaban J connectivity index is 0.00000231. The van der Waals surface area contributed by atoms with Crippen LogP contribution < -0.4 is 10.5 Å². The molecule has 8 heteroatoms. The van der Waals surface area contributed by atoms with Gasteiger partial charge in [-0.1, -0.05) is 0 Å². The number of fused-ring (bicyclic) bond motifs is 2. The number of nitrogens with zero attached hydrogens (tertiary/aromatic N) is 4. The molecule has 5 rings (SSSR count). The fraction of sp³-hybridized carbons (Fsp3) is 0.304. The Morgan fingerprint density at radius 2 is 1.87 bits per heavy atom. The van der Waals surface area contributed by atoms with E-state index in [-0.39, 0.29) is 23.7 Å². The molecule has 1 aromatic carbocycles. The zero-order chi connectivity index (χ0) is 20.7. The van der Waals surface area contributed by atoms with Crippen LogP contribution in [0.3, 0.4) is 0 Å². The molecule has 6 nitrogen and oxygen atoms in total. The lowest BCUT2D eigenvalue weighted by Gasteiger charge is -2.35. The summed E-state index contributed by atoms with van der Waals surface area (Å²) in [6.45, 7) is 4.72. The highest BCUT2D eigenvalue weighted by Crippen LogP contribution is 2.29. The first-order valence-electron chi connectivity index (χ1n) is 10.2. The molecule has 1 saturated heterocycles. The molecule has 1 aliphatic rings. The van der Waals surface area contributed by atoms with Crippen molar-refractivity contribution in [2.24, 2.45) is 7.05 Å². The first-order valence-corrected chi connectivity index (χ1v) is 11.1. The highest BCUT2D eigenvalue weighted by molar-refractivity contribution is 7.17. The van der Waals surface area contributed by atoms with Gasteiger partial charge in [0.1, 0.15) is 11.6 Å². The van der Waals surface area contributed by atoms with E-state index >= 15 is 0 Å². The number of halogens is 1. The molecule has 4 heterocycles. The Hall–Kier alpha value is -2.61. The molecule has 0 spiro atoms. The Morgan fingerprint density at radius 1 is 1.06 bits per heavy atom. The molecule has 3 aromatic heterocycles. The Labute approximate surface area is 190 Å². The van der Waals surface area contributed by atoms with Crippen molar-refractivity contribution in [3.8, 4) is 5.75 Å². The van der Waals surface area contributed by atoms with Crippen LogP contribution in [0.4, 0.5) is 5.82 Å². The van der Waals surface area contributed by atoms with E-state index in [9.17, 15) is 9.90 Å². The van der Waals surface area contributed by atoms with E-state index in [4.69, 9.17) is 0 Å². The van der Waals surface area contributed by atoms with Crippen molar-refractivity contribution in [2.45, 2.75) is 6.42 Å². The molecule has 162 valence electrons. The minimum atomic E-state index is -0.0112. The van der Waals surface area contributed by atoms with E-state index in [1.165, 1.54) is 10.1 Å². The van der Waals surface area contributed by atoms with E-state index in [2.05, 4.69) is 32.3 Å². The number of hydrogen-bond acceptors (Lipinski definition) is 6. The average Bonchev–Trinajstić information content (AvgIpc) is 3.25. The molecule has 0 amide bonds. The lowest BCUT2D eigenvalue weighted by molar-refractivity contribution is 0.261. The summed E-state index contributed by atoms with van der Waals surface area (Å²) in [6, 6.07) is 11.1. The van der Waals surface area contributed by atoms with E-state index in [1.54, 1.807) is 41.2 Å². The van der Waals surface area contributed by atoms with Crippen molar-refractivity contribution >= 4 is 50.6 Å². The molecule has 0 radical (unpaired) electrons. The topological polar surface area (TPSA) is 61.6 Å². The smallest absolute Gasteiger partial charge is 0.251 e. The molecule has 1 fully saturated rings. The number of anilines is 1. The molecule has 0 unspecified atom stereocenters. The van der Waals surface area contributed by atoms with Crippen molar-refractivity contribution in [1.82, 2.24) is 14.5 Å². The zero-order valence-corrected chi connectivity index (χ0v) is 19.0. The van der Waals surface area contributed by atoms with E-state index < -0.39 is 0 Å². The maximum absolute atomic E-state index is 12.3. The standard InChI is InChI=1S/C23H24N4O2S.ClH/c1-25-20-3-2-17(28)15-19(20)16(14-22(25)29)5-8-26-9-11-27(12-10-26)23-18-6-13-30-21(18)4-7-24-23;/h2-4,6-7,13-15,28H,5,8-12H2,1H3;1H. The van der Waals surface area contributed by atoms with Gasteiger partial charge in [-0.25, -0.2) is 4.98 Å². The summed E-state index contributed by atoms with van der Waals surface area (Å²) in [6.07, 6.45) is 2.69. The minimum absolute atomic E-state index is 0. The molecule has 1 N–H and O–H groups in total. The molecule has 1 aliphatic heterocycles. The molecular formula is C23H25ClN4O2S. The normalized spacial score (nSPS) is 14.8. The number of thiophene rings is 1. The molecule has 0 aliphatic carbocycles. The first-order chi connectivity index (χ1) is 14.6. The second-order valence-electron chi connectivity index (χ2n) is 7.81. The van der Waals surface area contributed by atoms with Crippen molar-refractivity contribution in [1.29, 1.82) is 0 Å². The monoisotopic (exact) mass is 456 g/mol. The molecule has 0 saturated carbocycles. The third kappa shape index (κ3) is 4.13. The van der Waals surface area contributed by atoms with Crippen molar-refractivity contribution < 1.29 is 5.11 Å².